The van der Waals surface area contributed by atoms with Crippen molar-refractivity contribution in [2.45, 2.75) is 25.6 Å². The van der Waals surface area contributed by atoms with Crippen molar-refractivity contribution in [3.8, 4) is 0 Å². The van der Waals surface area contributed by atoms with Crippen LogP contribution in [0.25, 0.3) is 0 Å². The number of halogens is 3. The van der Waals surface area contributed by atoms with Gasteiger partial charge in [0.1, 0.15) is 11.9 Å². The molecule has 0 heterocycles. The largest absolute Gasteiger partial charge is 0.390 e. The zero-order valence-corrected chi connectivity index (χ0v) is 11.7. The van der Waals surface area contributed by atoms with Crippen LogP contribution < -0.4 is 5.32 Å². The summed E-state index contributed by atoms with van der Waals surface area (Å²) in [6.07, 6.45) is -2.33. The highest BCUT2D eigenvalue weighted by molar-refractivity contribution is 6.42. The molecule has 1 aromatic carbocycles. The maximum atomic E-state index is 13.4. The molecule has 2 unspecified atom stereocenters. The number of carbonyl (C=O) groups is 1. The van der Waals surface area contributed by atoms with Crippen molar-refractivity contribution >= 4 is 29.1 Å². The van der Waals surface area contributed by atoms with Gasteiger partial charge in [-0.1, -0.05) is 23.2 Å². The van der Waals surface area contributed by atoms with E-state index in [0.717, 1.165) is 6.07 Å². The van der Waals surface area contributed by atoms with Gasteiger partial charge in [-0.15, -0.1) is 0 Å². The van der Waals surface area contributed by atoms with Gasteiger partial charge in [-0.25, -0.2) is 4.39 Å². The average molecular weight is 310 g/mol. The number of aliphatic hydroxyl groups excluding tert-OH is 2. The zero-order valence-electron chi connectivity index (χ0n) is 10.2. The van der Waals surface area contributed by atoms with Gasteiger partial charge in [0.25, 0.3) is 0 Å². The van der Waals surface area contributed by atoms with Crippen LogP contribution in [-0.4, -0.2) is 28.8 Å². The molecular weight excluding hydrogens is 296 g/mol. The quantitative estimate of drug-likeness (QED) is 0.729. The van der Waals surface area contributed by atoms with Crippen molar-refractivity contribution in [3.05, 3.63) is 33.6 Å². The lowest BCUT2D eigenvalue weighted by Crippen LogP contribution is -2.27. The SMILES string of the molecule is CC(=O)NCCC(O)C(O)c1cc(F)c(Cl)c(Cl)c1. The molecule has 0 aliphatic carbocycles. The molecule has 0 spiro atoms. The molecule has 0 saturated heterocycles. The second-order valence-corrected chi connectivity index (χ2v) is 4.87. The molecule has 3 N–H and O–H groups in total. The highest BCUT2D eigenvalue weighted by Gasteiger charge is 2.20. The summed E-state index contributed by atoms with van der Waals surface area (Å²) in [4.78, 5) is 10.7. The minimum absolute atomic E-state index is 0.0372. The first-order chi connectivity index (χ1) is 8.82. The van der Waals surface area contributed by atoms with E-state index in [4.69, 9.17) is 23.2 Å². The van der Waals surface area contributed by atoms with Gasteiger partial charge in [0, 0.05) is 13.5 Å². The summed E-state index contributed by atoms with van der Waals surface area (Å²) in [5.41, 5.74) is 0.127. The topological polar surface area (TPSA) is 69.6 Å². The molecular formula is C12H14Cl2FNO3. The number of hydrogen-bond donors (Lipinski definition) is 3. The molecule has 4 nitrogen and oxygen atoms in total. The monoisotopic (exact) mass is 309 g/mol. The molecule has 0 fully saturated rings. The van der Waals surface area contributed by atoms with Crippen molar-refractivity contribution in [1.29, 1.82) is 0 Å². The third-order valence-corrected chi connectivity index (χ3v) is 3.31. The zero-order chi connectivity index (χ0) is 14.6. The minimum Gasteiger partial charge on any atom is -0.390 e. The highest BCUT2D eigenvalue weighted by atomic mass is 35.5. The van der Waals surface area contributed by atoms with Gasteiger partial charge in [0.15, 0.2) is 0 Å². The van der Waals surface area contributed by atoms with E-state index in [1.54, 1.807) is 0 Å². The smallest absolute Gasteiger partial charge is 0.216 e. The predicted octanol–water partition coefficient (Wildman–Crippen LogP) is 2.05. The fraction of sp³-hybridized carbons (Fsp3) is 0.417. The van der Waals surface area contributed by atoms with E-state index in [2.05, 4.69) is 5.32 Å². The first-order valence-electron chi connectivity index (χ1n) is 5.58. The van der Waals surface area contributed by atoms with E-state index >= 15 is 0 Å². The molecule has 106 valence electrons. The summed E-state index contributed by atoms with van der Waals surface area (Å²) < 4.78 is 13.4. The Hall–Kier alpha value is -0.880. The minimum atomic E-state index is -1.31. The second-order valence-electron chi connectivity index (χ2n) is 4.08. The Morgan fingerprint density at radius 1 is 1.42 bits per heavy atom. The van der Waals surface area contributed by atoms with Crippen molar-refractivity contribution in [1.82, 2.24) is 5.32 Å². The third kappa shape index (κ3) is 4.62. The molecule has 1 aromatic rings. The van der Waals surface area contributed by atoms with E-state index in [1.807, 2.05) is 0 Å². The van der Waals surface area contributed by atoms with E-state index in [9.17, 15) is 19.4 Å². The van der Waals surface area contributed by atoms with Crippen LogP contribution in [0, 0.1) is 5.82 Å². The first-order valence-corrected chi connectivity index (χ1v) is 6.33. The number of benzene rings is 1. The van der Waals surface area contributed by atoms with Crippen molar-refractivity contribution in [3.63, 3.8) is 0 Å². The number of rotatable bonds is 5. The normalized spacial score (nSPS) is 14.0. The molecule has 0 aromatic heterocycles. The fourth-order valence-corrected chi connectivity index (χ4v) is 1.85. The Morgan fingerprint density at radius 2 is 2.05 bits per heavy atom. The van der Waals surface area contributed by atoms with Crippen molar-refractivity contribution in [2.75, 3.05) is 6.54 Å². The van der Waals surface area contributed by atoms with E-state index in [0.29, 0.717) is 0 Å². The van der Waals surface area contributed by atoms with Gasteiger partial charge in [0.2, 0.25) is 5.91 Å². The van der Waals surface area contributed by atoms with Gasteiger partial charge in [-0.3, -0.25) is 4.79 Å². The molecule has 0 aliphatic heterocycles. The summed E-state index contributed by atoms with van der Waals surface area (Å²) >= 11 is 11.2. The summed E-state index contributed by atoms with van der Waals surface area (Å²) in [7, 11) is 0. The predicted molar refractivity (Wildman–Crippen MR) is 70.7 cm³/mol. The van der Waals surface area contributed by atoms with E-state index < -0.39 is 18.0 Å². The molecule has 2 atom stereocenters. The van der Waals surface area contributed by atoms with Gasteiger partial charge < -0.3 is 15.5 Å². The van der Waals surface area contributed by atoms with Crippen LogP contribution in [-0.2, 0) is 4.79 Å². The van der Waals surface area contributed by atoms with Crippen LogP contribution >= 0.6 is 23.2 Å². The number of nitrogens with one attached hydrogen (secondary N) is 1. The van der Waals surface area contributed by atoms with Crippen LogP contribution in [0.15, 0.2) is 12.1 Å². The lowest BCUT2D eigenvalue weighted by atomic mass is 10.0. The van der Waals surface area contributed by atoms with Gasteiger partial charge >= 0.3 is 0 Å². The second kappa shape index (κ2) is 7.05. The van der Waals surface area contributed by atoms with E-state index in [-0.39, 0.29) is 34.5 Å². The standard InChI is InChI=1S/C12H14Cl2FNO3/c1-6(17)16-3-2-10(18)12(19)7-4-8(13)11(14)9(15)5-7/h4-5,10,12,18-19H,2-3H2,1H3,(H,16,17). The van der Waals surface area contributed by atoms with Crippen LogP contribution in [0.1, 0.15) is 25.0 Å². The van der Waals surface area contributed by atoms with Crippen LogP contribution in [0.2, 0.25) is 10.0 Å². The molecule has 0 saturated carbocycles. The molecule has 19 heavy (non-hydrogen) atoms. The Kier molecular flexibility index (Phi) is 6.00. The summed E-state index contributed by atoms with van der Waals surface area (Å²) in [5, 5.41) is 21.8. The Bertz CT molecular complexity index is 447. The fourth-order valence-electron chi connectivity index (χ4n) is 1.52. The summed E-state index contributed by atoms with van der Waals surface area (Å²) in [6, 6.07) is 2.31. The van der Waals surface area contributed by atoms with Gasteiger partial charge in [-0.2, -0.15) is 0 Å². The van der Waals surface area contributed by atoms with Gasteiger partial charge in [-0.05, 0) is 24.1 Å². The Morgan fingerprint density at radius 3 is 2.58 bits per heavy atom. The maximum Gasteiger partial charge on any atom is 0.216 e. The molecule has 7 heteroatoms. The van der Waals surface area contributed by atoms with E-state index in [1.165, 1.54) is 13.0 Å². The Balaban J connectivity index is 2.71. The van der Waals surface area contributed by atoms with Crippen LogP contribution in [0.5, 0.6) is 0 Å². The lowest BCUT2D eigenvalue weighted by Gasteiger charge is -2.19. The molecule has 0 bridgehead atoms. The molecule has 1 amide bonds. The molecule has 0 radical (unpaired) electrons. The lowest BCUT2D eigenvalue weighted by molar-refractivity contribution is -0.119. The van der Waals surface area contributed by atoms with Crippen molar-refractivity contribution in [2.24, 2.45) is 0 Å². The summed E-state index contributed by atoms with van der Waals surface area (Å²) in [6.45, 7) is 1.55. The summed E-state index contributed by atoms with van der Waals surface area (Å²) in [5.74, 6) is -1.00. The molecule has 1 rings (SSSR count). The number of aliphatic hydroxyl groups is 2. The third-order valence-electron chi connectivity index (χ3n) is 2.53. The maximum absolute atomic E-state index is 13.4. The van der Waals surface area contributed by atoms with Gasteiger partial charge in [0.05, 0.1) is 16.1 Å². The molecule has 0 aliphatic rings. The first kappa shape index (κ1) is 16.2. The Labute approximate surface area is 120 Å². The highest BCUT2D eigenvalue weighted by Crippen LogP contribution is 2.30. The average Bonchev–Trinajstić information content (AvgIpc) is 2.33. The van der Waals surface area contributed by atoms with Crippen LogP contribution in [0.4, 0.5) is 4.39 Å². The number of hydrogen-bond acceptors (Lipinski definition) is 3. The number of amides is 1. The van der Waals surface area contributed by atoms with Crippen LogP contribution in [0.3, 0.4) is 0 Å². The van der Waals surface area contributed by atoms with Crippen molar-refractivity contribution < 1.29 is 19.4 Å². The number of carbonyl (C=O) groups excluding carboxylic acids is 1.